The zero-order chi connectivity index (χ0) is 29.6. The molecule has 0 atom stereocenters. The molecule has 4 aromatic rings. The highest BCUT2D eigenvalue weighted by molar-refractivity contribution is 7.95. The van der Waals surface area contributed by atoms with Crippen molar-refractivity contribution in [2.24, 2.45) is 0 Å². The number of methoxy groups -OCH3 is 1. The fourth-order valence-electron chi connectivity index (χ4n) is 6.39. The number of benzene rings is 3. The lowest BCUT2D eigenvalue weighted by molar-refractivity contribution is 0.00696. The van der Waals surface area contributed by atoms with Gasteiger partial charge in [-0.25, -0.2) is 13.2 Å². The van der Waals surface area contributed by atoms with Crippen LogP contribution in [0.1, 0.15) is 80.3 Å². The van der Waals surface area contributed by atoms with Crippen molar-refractivity contribution in [3.05, 3.63) is 88.3 Å². The first-order valence-electron chi connectivity index (χ1n) is 14.7. The van der Waals surface area contributed by atoms with Gasteiger partial charge in [0.05, 0.1) is 34.7 Å². The number of aromatic nitrogens is 1. The predicted octanol–water partition coefficient (Wildman–Crippen LogP) is 8.15. The molecule has 2 aliphatic rings. The SMILES string of the molecule is COc1ccc2c(c1)C=C(S(=O)(=O)c1ccccc1)Cn1c-2c(C2CCCCC2)c2ccc(C(=O)OC(C)(C)C)cc21. The number of ether oxygens (including phenoxy) is 2. The van der Waals surface area contributed by atoms with Crippen LogP contribution in [0.2, 0.25) is 0 Å². The fourth-order valence-corrected chi connectivity index (χ4v) is 7.79. The molecular weight excluding hydrogens is 546 g/mol. The number of hydrogen-bond donors (Lipinski definition) is 0. The number of carbonyl (C=O) groups is 1. The quantitative estimate of drug-likeness (QED) is 0.222. The largest absolute Gasteiger partial charge is 0.497 e. The van der Waals surface area contributed by atoms with Gasteiger partial charge in [0.1, 0.15) is 11.4 Å². The Hall–Kier alpha value is -3.84. The van der Waals surface area contributed by atoms with Crippen LogP contribution < -0.4 is 4.74 Å². The highest BCUT2D eigenvalue weighted by atomic mass is 32.2. The highest BCUT2D eigenvalue weighted by Crippen LogP contribution is 2.47. The van der Waals surface area contributed by atoms with Crippen LogP contribution in [0.5, 0.6) is 5.75 Å². The molecule has 42 heavy (non-hydrogen) atoms. The second-order valence-electron chi connectivity index (χ2n) is 12.3. The van der Waals surface area contributed by atoms with Crippen molar-refractivity contribution >= 4 is 32.8 Å². The summed E-state index contributed by atoms with van der Waals surface area (Å²) >= 11 is 0. The van der Waals surface area contributed by atoms with Gasteiger partial charge in [-0.1, -0.05) is 43.5 Å². The van der Waals surface area contributed by atoms with Crippen LogP contribution in [0.15, 0.2) is 76.5 Å². The fraction of sp³-hybridized carbons (Fsp3) is 0.343. The van der Waals surface area contributed by atoms with Crippen molar-refractivity contribution < 1.29 is 22.7 Å². The van der Waals surface area contributed by atoms with E-state index in [-0.39, 0.29) is 16.3 Å². The van der Waals surface area contributed by atoms with Crippen LogP contribution in [-0.2, 0) is 21.1 Å². The molecule has 6 nitrogen and oxygen atoms in total. The average molecular weight is 584 g/mol. The summed E-state index contributed by atoms with van der Waals surface area (Å²) in [6, 6.07) is 20.2. The first-order valence-corrected chi connectivity index (χ1v) is 16.1. The van der Waals surface area contributed by atoms with Gasteiger partial charge in [-0.15, -0.1) is 0 Å². The summed E-state index contributed by atoms with van der Waals surface area (Å²) in [5.74, 6) is 0.607. The second kappa shape index (κ2) is 10.8. The molecule has 1 fully saturated rings. The maximum Gasteiger partial charge on any atom is 0.338 e. The molecule has 0 radical (unpaired) electrons. The van der Waals surface area contributed by atoms with Crippen LogP contribution in [0.3, 0.4) is 0 Å². The van der Waals surface area contributed by atoms with E-state index in [2.05, 4.69) is 4.57 Å². The highest BCUT2D eigenvalue weighted by Gasteiger charge is 2.32. The Morgan fingerprint density at radius 1 is 0.929 bits per heavy atom. The molecule has 2 heterocycles. The third kappa shape index (κ3) is 5.15. The minimum atomic E-state index is -3.82. The van der Waals surface area contributed by atoms with Gasteiger partial charge in [-0.3, -0.25) is 0 Å². The molecule has 0 amide bonds. The summed E-state index contributed by atoms with van der Waals surface area (Å²) in [4.78, 5) is 13.7. The van der Waals surface area contributed by atoms with Gasteiger partial charge in [0.15, 0.2) is 0 Å². The molecule has 0 bridgehead atoms. The topological polar surface area (TPSA) is 74.6 Å². The number of esters is 1. The van der Waals surface area contributed by atoms with Crippen molar-refractivity contribution in [2.75, 3.05) is 7.11 Å². The van der Waals surface area contributed by atoms with Crippen molar-refractivity contribution in [1.82, 2.24) is 4.57 Å². The molecular formula is C35H37NO5S. The van der Waals surface area contributed by atoms with Crippen LogP contribution in [0, 0.1) is 0 Å². The lowest BCUT2D eigenvalue weighted by atomic mass is 9.81. The maximum atomic E-state index is 14.1. The predicted molar refractivity (Wildman–Crippen MR) is 167 cm³/mol. The Morgan fingerprint density at radius 3 is 2.36 bits per heavy atom. The molecule has 7 heteroatoms. The molecule has 1 saturated carbocycles. The molecule has 0 spiro atoms. The summed E-state index contributed by atoms with van der Waals surface area (Å²) in [6.45, 7) is 5.70. The zero-order valence-electron chi connectivity index (χ0n) is 24.6. The zero-order valence-corrected chi connectivity index (χ0v) is 25.5. The van der Waals surface area contributed by atoms with Crippen LogP contribution >= 0.6 is 0 Å². The lowest BCUT2D eigenvalue weighted by Gasteiger charge is -2.24. The Kier molecular flexibility index (Phi) is 7.26. The standard InChI is InChI=1S/C35H37NO5S/c1-35(2,3)41-34(37)24-15-17-30-31(21-24)36-22-28(42(38,39)27-13-9-6-10-14-27)20-25-19-26(40-4)16-18-29(25)33(36)32(30)23-11-7-5-8-12-23/h6,9-10,13-21,23H,5,7-8,11-12,22H2,1-4H3. The van der Waals surface area contributed by atoms with E-state index in [9.17, 15) is 13.2 Å². The summed E-state index contributed by atoms with van der Waals surface area (Å²) in [5, 5.41) is 1.06. The Morgan fingerprint density at radius 2 is 1.67 bits per heavy atom. The minimum Gasteiger partial charge on any atom is -0.497 e. The van der Waals surface area contributed by atoms with E-state index in [0.717, 1.165) is 53.4 Å². The number of fused-ring (bicyclic) bond motifs is 5. The van der Waals surface area contributed by atoms with Crippen molar-refractivity contribution in [1.29, 1.82) is 0 Å². The second-order valence-corrected chi connectivity index (χ2v) is 14.3. The molecule has 1 aliphatic carbocycles. The summed E-state index contributed by atoms with van der Waals surface area (Å²) in [5.41, 5.74) is 4.67. The lowest BCUT2D eigenvalue weighted by Crippen LogP contribution is -2.23. The van der Waals surface area contributed by atoms with Gasteiger partial charge >= 0.3 is 5.97 Å². The molecule has 0 unspecified atom stereocenters. The van der Waals surface area contributed by atoms with Gasteiger partial charge in [-0.05, 0) is 99.2 Å². The van der Waals surface area contributed by atoms with E-state index in [1.165, 1.54) is 12.0 Å². The molecule has 218 valence electrons. The third-order valence-electron chi connectivity index (χ3n) is 8.29. The molecule has 6 rings (SSSR count). The maximum absolute atomic E-state index is 14.1. The normalized spacial score (nSPS) is 15.9. The van der Waals surface area contributed by atoms with Gasteiger partial charge in [0.25, 0.3) is 0 Å². The number of carbonyl (C=O) groups excluding carboxylic acids is 1. The van der Waals surface area contributed by atoms with E-state index < -0.39 is 21.4 Å². The van der Waals surface area contributed by atoms with Gasteiger partial charge in [-0.2, -0.15) is 0 Å². The van der Waals surface area contributed by atoms with Crippen molar-refractivity contribution in [2.45, 2.75) is 75.8 Å². The average Bonchev–Trinajstić information content (AvgIpc) is 3.19. The monoisotopic (exact) mass is 583 g/mol. The van der Waals surface area contributed by atoms with Gasteiger partial charge in [0.2, 0.25) is 9.84 Å². The third-order valence-corrected chi connectivity index (χ3v) is 10.1. The van der Waals surface area contributed by atoms with E-state index >= 15 is 0 Å². The number of allylic oxidation sites excluding steroid dienone is 1. The summed E-state index contributed by atoms with van der Waals surface area (Å²) in [6.07, 6.45) is 7.49. The number of nitrogens with zero attached hydrogens (tertiary/aromatic N) is 1. The molecule has 0 N–H and O–H groups in total. The van der Waals surface area contributed by atoms with E-state index in [1.54, 1.807) is 37.5 Å². The van der Waals surface area contributed by atoms with Crippen LogP contribution in [0.25, 0.3) is 28.2 Å². The molecule has 0 saturated heterocycles. The number of rotatable bonds is 5. The minimum absolute atomic E-state index is 0.143. The Labute approximate surface area is 247 Å². The smallest absolute Gasteiger partial charge is 0.338 e. The van der Waals surface area contributed by atoms with Crippen molar-refractivity contribution in [3.8, 4) is 17.0 Å². The molecule has 3 aromatic carbocycles. The van der Waals surface area contributed by atoms with Crippen LogP contribution in [-0.4, -0.2) is 31.7 Å². The molecule has 1 aromatic heterocycles. The summed E-state index contributed by atoms with van der Waals surface area (Å²) in [7, 11) is -2.20. The van der Waals surface area contributed by atoms with Gasteiger partial charge in [0, 0.05) is 16.5 Å². The molecule has 1 aliphatic heterocycles. The number of hydrogen-bond acceptors (Lipinski definition) is 5. The van der Waals surface area contributed by atoms with E-state index in [0.29, 0.717) is 17.2 Å². The summed E-state index contributed by atoms with van der Waals surface area (Å²) < 4.78 is 41.6. The van der Waals surface area contributed by atoms with E-state index in [1.807, 2.05) is 63.2 Å². The first-order chi connectivity index (χ1) is 20.1. The first kappa shape index (κ1) is 28.3. The number of sulfone groups is 1. The Balaban J connectivity index is 1.64. The van der Waals surface area contributed by atoms with Crippen molar-refractivity contribution in [3.63, 3.8) is 0 Å². The van der Waals surface area contributed by atoms with Gasteiger partial charge < -0.3 is 14.0 Å². The van der Waals surface area contributed by atoms with Crippen LogP contribution in [0.4, 0.5) is 0 Å². The Bertz CT molecular complexity index is 1800. The van der Waals surface area contributed by atoms with E-state index in [4.69, 9.17) is 9.47 Å².